The van der Waals surface area contributed by atoms with Crippen LogP contribution in [0.25, 0.3) is 85.3 Å². The Bertz CT molecular complexity index is 2770. The van der Waals surface area contributed by atoms with Gasteiger partial charge in [-0.1, -0.05) is 133 Å². The topological polar surface area (TPSA) is 38.7 Å². The highest BCUT2D eigenvalue weighted by Crippen LogP contribution is 2.64. The van der Waals surface area contributed by atoms with Gasteiger partial charge in [0.25, 0.3) is 0 Å². The van der Waals surface area contributed by atoms with Gasteiger partial charge in [0.15, 0.2) is 17.5 Å². The molecule has 0 atom stereocenters. The Morgan fingerprint density at radius 1 is 0.431 bits per heavy atom. The van der Waals surface area contributed by atoms with Crippen molar-refractivity contribution < 1.29 is 0 Å². The Morgan fingerprint density at radius 2 is 0.902 bits per heavy atom. The maximum absolute atomic E-state index is 5.43. The number of aromatic nitrogens is 3. The standard InChI is InChI=1S/C46H37N3S2/c1-44(2)34-23-26-13-7-8-14-29(26)39(40(34)45(3,4)46(44,5)6)43-48-41(27-19-21-32-30-15-9-11-17-35(30)50-37(32)24-27)47-42(49-43)28-20-22-33-31-16-10-12-18-36(31)51-38(33)25-28/h7-25H,1-6H3. The molecule has 0 saturated carbocycles. The first-order valence-corrected chi connectivity index (χ1v) is 19.3. The molecule has 0 N–H and O–H groups in total. The van der Waals surface area contributed by atoms with Gasteiger partial charge in [0.2, 0.25) is 0 Å². The summed E-state index contributed by atoms with van der Waals surface area (Å²) >= 11 is 3.65. The van der Waals surface area contributed by atoms with E-state index in [0.29, 0.717) is 11.6 Å². The third-order valence-electron chi connectivity index (χ3n) is 12.6. The van der Waals surface area contributed by atoms with E-state index < -0.39 is 0 Å². The summed E-state index contributed by atoms with van der Waals surface area (Å²) < 4.78 is 5.05. The zero-order valence-corrected chi connectivity index (χ0v) is 31.3. The zero-order valence-electron chi connectivity index (χ0n) is 29.6. The van der Waals surface area contributed by atoms with Crippen LogP contribution in [-0.4, -0.2) is 15.0 Å². The van der Waals surface area contributed by atoms with Gasteiger partial charge in [-0.25, -0.2) is 15.0 Å². The van der Waals surface area contributed by atoms with Crippen LogP contribution in [0, 0.1) is 5.41 Å². The van der Waals surface area contributed by atoms with Crippen LogP contribution in [0.4, 0.5) is 0 Å². The molecule has 248 valence electrons. The molecule has 3 heterocycles. The van der Waals surface area contributed by atoms with Crippen LogP contribution >= 0.6 is 22.7 Å². The van der Waals surface area contributed by atoms with E-state index in [1.165, 1.54) is 62.2 Å². The van der Waals surface area contributed by atoms with Gasteiger partial charge in [0, 0.05) is 57.0 Å². The molecule has 0 fully saturated rings. The minimum atomic E-state index is -0.149. The second-order valence-corrected chi connectivity index (χ2v) is 17.9. The third kappa shape index (κ3) is 4.25. The molecule has 0 aliphatic heterocycles. The summed E-state index contributed by atoms with van der Waals surface area (Å²) in [6.45, 7) is 14.5. The molecule has 1 aliphatic carbocycles. The van der Waals surface area contributed by atoms with Crippen LogP contribution in [0.1, 0.15) is 52.7 Å². The lowest BCUT2D eigenvalue weighted by Crippen LogP contribution is -2.42. The van der Waals surface area contributed by atoms with Crippen molar-refractivity contribution in [1.82, 2.24) is 15.0 Å². The minimum Gasteiger partial charge on any atom is -0.208 e. The highest BCUT2D eigenvalue weighted by molar-refractivity contribution is 7.26. The monoisotopic (exact) mass is 695 g/mol. The number of nitrogens with zero attached hydrogens (tertiary/aromatic N) is 3. The maximum atomic E-state index is 5.43. The van der Waals surface area contributed by atoms with Crippen LogP contribution in [0.2, 0.25) is 0 Å². The van der Waals surface area contributed by atoms with E-state index in [9.17, 15) is 0 Å². The Kier molecular flexibility index (Phi) is 6.37. The number of thiophene rings is 2. The highest BCUT2D eigenvalue weighted by Gasteiger charge is 2.58. The lowest BCUT2D eigenvalue weighted by Gasteiger charge is -2.44. The molecule has 6 aromatic carbocycles. The van der Waals surface area contributed by atoms with Crippen molar-refractivity contribution in [3.63, 3.8) is 0 Å². The number of fused-ring (bicyclic) bond motifs is 8. The molecule has 10 rings (SSSR count). The van der Waals surface area contributed by atoms with Crippen molar-refractivity contribution in [2.75, 3.05) is 0 Å². The van der Waals surface area contributed by atoms with E-state index >= 15 is 0 Å². The van der Waals surface area contributed by atoms with E-state index in [1.54, 1.807) is 0 Å². The molecule has 3 aromatic heterocycles. The summed E-state index contributed by atoms with van der Waals surface area (Å²) in [5, 5.41) is 7.51. The van der Waals surface area contributed by atoms with E-state index in [-0.39, 0.29) is 16.2 Å². The lowest BCUT2D eigenvalue weighted by molar-refractivity contribution is 0.125. The van der Waals surface area contributed by atoms with Gasteiger partial charge in [-0.05, 0) is 62.4 Å². The number of benzene rings is 6. The quantitative estimate of drug-likeness (QED) is 0.185. The van der Waals surface area contributed by atoms with Gasteiger partial charge in [-0.2, -0.15) is 0 Å². The van der Waals surface area contributed by atoms with Gasteiger partial charge in [-0.3, -0.25) is 0 Å². The Balaban J connectivity index is 1.28. The van der Waals surface area contributed by atoms with Crippen LogP contribution in [0.5, 0.6) is 0 Å². The van der Waals surface area contributed by atoms with Crippen molar-refractivity contribution in [3.8, 4) is 34.2 Å². The molecule has 0 saturated heterocycles. The number of rotatable bonds is 3. The fourth-order valence-electron chi connectivity index (χ4n) is 8.63. The van der Waals surface area contributed by atoms with Gasteiger partial charge < -0.3 is 0 Å². The highest BCUT2D eigenvalue weighted by atomic mass is 32.1. The van der Waals surface area contributed by atoms with Crippen molar-refractivity contribution in [2.45, 2.75) is 52.4 Å². The Labute approximate surface area is 305 Å². The summed E-state index contributed by atoms with van der Waals surface area (Å²) in [5.41, 5.74) is 5.62. The summed E-state index contributed by atoms with van der Waals surface area (Å²) in [6, 6.07) is 41.9. The van der Waals surface area contributed by atoms with Crippen molar-refractivity contribution >= 4 is 73.8 Å². The summed E-state index contributed by atoms with van der Waals surface area (Å²) in [6.07, 6.45) is 0. The van der Waals surface area contributed by atoms with E-state index in [0.717, 1.165) is 22.5 Å². The second kappa shape index (κ2) is 10.5. The molecular formula is C46H37N3S2. The van der Waals surface area contributed by atoms with E-state index in [2.05, 4.69) is 157 Å². The zero-order chi connectivity index (χ0) is 34.9. The predicted molar refractivity (Wildman–Crippen MR) is 219 cm³/mol. The first kappa shape index (κ1) is 30.8. The average molecular weight is 696 g/mol. The first-order valence-electron chi connectivity index (χ1n) is 17.7. The number of hydrogen-bond acceptors (Lipinski definition) is 5. The second-order valence-electron chi connectivity index (χ2n) is 15.7. The van der Waals surface area contributed by atoms with Crippen molar-refractivity contribution in [2.24, 2.45) is 5.41 Å². The maximum Gasteiger partial charge on any atom is 0.165 e. The fraction of sp³-hybridized carbons (Fsp3) is 0.196. The largest absolute Gasteiger partial charge is 0.208 e. The molecule has 5 heteroatoms. The van der Waals surface area contributed by atoms with E-state index in [1.807, 2.05) is 22.7 Å². The van der Waals surface area contributed by atoms with Crippen LogP contribution in [-0.2, 0) is 10.8 Å². The molecule has 0 amide bonds. The SMILES string of the molecule is CC1(C)c2cc3ccccc3c(-c3nc(-c4ccc5c(c4)sc4ccccc45)nc(-c4ccc5c(c4)sc4ccccc45)n3)c2C(C)(C)C1(C)C. The molecule has 0 bridgehead atoms. The molecule has 9 aromatic rings. The summed E-state index contributed by atoms with van der Waals surface area (Å²) in [7, 11) is 0. The normalized spacial score (nSPS) is 16.1. The molecule has 51 heavy (non-hydrogen) atoms. The average Bonchev–Trinajstić information content (AvgIpc) is 3.73. The van der Waals surface area contributed by atoms with Crippen molar-refractivity contribution in [1.29, 1.82) is 0 Å². The minimum absolute atomic E-state index is 0.0222. The molecule has 0 spiro atoms. The molecule has 1 aliphatic rings. The van der Waals surface area contributed by atoms with Crippen LogP contribution < -0.4 is 0 Å². The Morgan fingerprint density at radius 3 is 1.47 bits per heavy atom. The molecule has 0 unspecified atom stereocenters. The van der Waals surface area contributed by atoms with Gasteiger partial charge in [0.1, 0.15) is 0 Å². The van der Waals surface area contributed by atoms with Crippen LogP contribution in [0.15, 0.2) is 115 Å². The van der Waals surface area contributed by atoms with E-state index in [4.69, 9.17) is 15.0 Å². The number of hydrogen-bond donors (Lipinski definition) is 0. The first-order chi connectivity index (χ1) is 24.5. The molecule has 0 radical (unpaired) electrons. The molecular weight excluding hydrogens is 659 g/mol. The fourth-order valence-corrected chi connectivity index (χ4v) is 10.9. The lowest BCUT2D eigenvalue weighted by atomic mass is 9.59. The van der Waals surface area contributed by atoms with Crippen molar-refractivity contribution in [3.05, 3.63) is 126 Å². The summed E-state index contributed by atoms with van der Waals surface area (Å²) in [5.74, 6) is 2.13. The Hall–Kier alpha value is -4.97. The summed E-state index contributed by atoms with van der Waals surface area (Å²) in [4.78, 5) is 16.1. The van der Waals surface area contributed by atoms with Gasteiger partial charge >= 0.3 is 0 Å². The van der Waals surface area contributed by atoms with Gasteiger partial charge in [-0.15, -0.1) is 22.7 Å². The van der Waals surface area contributed by atoms with Crippen LogP contribution in [0.3, 0.4) is 0 Å². The smallest absolute Gasteiger partial charge is 0.165 e. The third-order valence-corrected chi connectivity index (χ3v) is 14.9. The molecule has 3 nitrogen and oxygen atoms in total. The van der Waals surface area contributed by atoms with Gasteiger partial charge in [0.05, 0.1) is 0 Å². The predicted octanol–water partition coefficient (Wildman–Crippen LogP) is 13.4.